The average molecular weight is 446 g/mol. The molecule has 0 atom stereocenters. The van der Waals surface area contributed by atoms with Gasteiger partial charge in [-0.05, 0) is 41.1 Å². The number of carbonyl (C=O) groups excluding carboxylic acids is 2. The zero-order valence-corrected chi connectivity index (χ0v) is 17.7. The van der Waals surface area contributed by atoms with E-state index >= 15 is 0 Å². The highest BCUT2D eigenvalue weighted by Crippen LogP contribution is 2.34. The lowest BCUT2D eigenvalue weighted by atomic mass is 10.1. The molecular formula is C24H18N2O5S. The zero-order valence-electron chi connectivity index (χ0n) is 16.8. The first kappa shape index (κ1) is 21.3. The molecule has 3 aromatic carbocycles. The van der Waals surface area contributed by atoms with Crippen molar-refractivity contribution in [3.63, 3.8) is 0 Å². The number of imide groups is 1. The van der Waals surface area contributed by atoms with Crippen molar-refractivity contribution in [1.29, 1.82) is 0 Å². The van der Waals surface area contributed by atoms with E-state index < -0.39 is 16.1 Å². The number of carbonyl (C=O) groups is 2. The third-order valence-corrected chi connectivity index (χ3v) is 5.70. The number of thioether (sulfide) groups is 1. The van der Waals surface area contributed by atoms with Gasteiger partial charge in [-0.25, -0.2) is 0 Å². The smallest absolute Gasteiger partial charge is 0.293 e. The van der Waals surface area contributed by atoms with Gasteiger partial charge in [-0.3, -0.25) is 24.6 Å². The summed E-state index contributed by atoms with van der Waals surface area (Å²) < 4.78 is 5.82. The Hall–Kier alpha value is -3.91. The molecule has 2 amide bonds. The summed E-state index contributed by atoms with van der Waals surface area (Å²) in [6.45, 7) is 0.260. The van der Waals surface area contributed by atoms with Crippen LogP contribution in [0.2, 0.25) is 0 Å². The summed E-state index contributed by atoms with van der Waals surface area (Å²) in [6.07, 6.45) is 1.62. The van der Waals surface area contributed by atoms with E-state index in [4.69, 9.17) is 4.74 Å². The van der Waals surface area contributed by atoms with E-state index in [0.717, 1.165) is 22.2 Å². The molecule has 32 heavy (non-hydrogen) atoms. The van der Waals surface area contributed by atoms with Gasteiger partial charge in [0.05, 0.1) is 16.4 Å². The van der Waals surface area contributed by atoms with Crippen LogP contribution in [0.4, 0.5) is 10.5 Å². The number of nitrogens with zero attached hydrogens (tertiary/aromatic N) is 2. The maximum absolute atomic E-state index is 12.8. The molecule has 1 aliphatic rings. The second-order valence-electron chi connectivity index (χ2n) is 7.00. The van der Waals surface area contributed by atoms with Crippen LogP contribution in [0.3, 0.4) is 0 Å². The Morgan fingerprint density at radius 3 is 2.50 bits per heavy atom. The molecular weight excluding hydrogens is 428 g/mol. The third kappa shape index (κ3) is 4.87. The van der Waals surface area contributed by atoms with Crippen molar-refractivity contribution >= 4 is 34.7 Å². The first-order valence-corrected chi connectivity index (χ1v) is 10.6. The van der Waals surface area contributed by atoms with Crippen LogP contribution < -0.4 is 4.74 Å². The number of rotatable bonds is 7. The fourth-order valence-corrected chi connectivity index (χ4v) is 4.05. The number of para-hydroxylation sites is 1. The number of amides is 2. The van der Waals surface area contributed by atoms with E-state index in [1.165, 1.54) is 6.07 Å². The Kier molecular flexibility index (Phi) is 6.32. The van der Waals surface area contributed by atoms with Crippen LogP contribution in [0, 0.1) is 10.1 Å². The average Bonchev–Trinajstić information content (AvgIpc) is 3.06. The highest BCUT2D eigenvalue weighted by molar-refractivity contribution is 8.18. The number of hydrogen-bond donors (Lipinski definition) is 0. The molecule has 0 N–H and O–H groups in total. The monoisotopic (exact) mass is 446 g/mol. The Morgan fingerprint density at radius 2 is 1.72 bits per heavy atom. The predicted molar refractivity (Wildman–Crippen MR) is 122 cm³/mol. The van der Waals surface area contributed by atoms with Crippen molar-refractivity contribution in [3.8, 4) is 5.75 Å². The Balaban J connectivity index is 1.49. The van der Waals surface area contributed by atoms with Gasteiger partial charge in [-0.2, -0.15) is 0 Å². The highest BCUT2D eigenvalue weighted by Gasteiger charge is 2.36. The number of hydrogen-bond acceptors (Lipinski definition) is 6. The zero-order chi connectivity index (χ0) is 22.5. The van der Waals surface area contributed by atoms with Crippen LogP contribution >= 0.6 is 11.8 Å². The molecule has 1 saturated heterocycles. The lowest BCUT2D eigenvalue weighted by molar-refractivity contribution is -0.385. The van der Waals surface area contributed by atoms with E-state index in [0.29, 0.717) is 23.5 Å². The molecule has 3 aromatic rings. The molecule has 0 aliphatic carbocycles. The fraction of sp³-hybridized carbons (Fsp3) is 0.0833. The van der Waals surface area contributed by atoms with Gasteiger partial charge in [0.1, 0.15) is 12.4 Å². The van der Waals surface area contributed by atoms with Crippen LogP contribution in [-0.4, -0.2) is 21.0 Å². The number of nitro groups is 1. The maximum Gasteiger partial charge on any atom is 0.293 e. The molecule has 1 heterocycles. The summed E-state index contributed by atoms with van der Waals surface area (Å²) in [6, 6.07) is 23.1. The van der Waals surface area contributed by atoms with Gasteiger partial charge in [0.15, 0.2) is 0 Å². The molecule has 0 spiro atoms. The molecule has 8 heteroatoms. The van der Waals surface area contributed by atoms with Crippen LogP contribution in [0.5, 0.6) is 5.75 Å². The Labute approximate surface area is 188 Å². The summed E-state index contributed by atoms with van der Waals surface area (Å²) in [4.78, 5) is 37.2. The molecule has 0 saturated carbocycles. The van der Waals surface area contributed by atoms with Crippen LogP contribution in [-0.2, 0) is 17.9 Å². The third-order valence-electron chi connectivity index (χ3n) is 4.79. The van der Waals surface area contributed by atoms with Crippen molar-refractivity contribution < 1.29 is 19.2 Å². The van der Waals surface area contributed by atoms with E-state index in [-0.39, 0.29) is 17.1 Å². The predicted octanol–water partition coefficient (Wildman–Crippen LogP) is 5.41. The molecule has 160 valence electrons. The van der Waals surface area contributed by atoms with Gasteiger partial charge < -0.3 is 4.74 Å². The summed E-state index contributed by atoms with van der Waals surface area (Å²) in [5.74, 6) is 0.162. The molecule has 1 fully saturated rings. The SMILES string of the molecule is O=C1S/C(=C/c2cccc(OCc3ccccc3)c2)C(=O)N1Cc1ccccc1[N+](=O)[O-]. The molecule has 4 rings (SSSR count). The van der Waals surface area contributed by atoms with E-state index in [9.17, 15) is 19.7 Å². The highest BCUT2D eigenvalue weighted by atomic mass is 32.2. The number of benzene rings is 3. The van der Waals surface area contributed by atoms with Crippen molar-refractivity contribution in [2.75, 3.05) is 0 Å². The van der Waals surface area contributed by atoms with Crippen molar-refractivity contribution in [2.24, 2.45) is 0 Å². The minimum absolute atomic E-state index is 0.126. The van der Waals surface area contributed by atoms with Gasteiger partial charge in [0, 0.05) is 11.6 Å². The number of nitro benzene ring substituents is 1. The van der Waals surface area contributed by atoms with Gasteiger partial charge in [-0.15, -0.1) is 0 Å². The Morgan fingerprint density at radius 1 is 0.969 bits per heavy atom. The standard InChI is InChI=1S/C24H18N2O5S/c27-23-22(32-24(28)25(23)15-19-10-4-5-12-21(19)26(29)30)14-18-9-6-11-20(13-18)31-16-17-7-2-1-3-8-17/h1-14H,15-16H2/b22-14+. The second-order valence-corrected chi connectivity index (χ2v) is 7.99. The first-order chi connectivity index (χ1) is 15.5. The van der Waals surface area contributed by atoms with Crippen LogP contribution in [0.15, 0.2) is 83.8 Å². The van der Waals surface area contributed by atoms with Gasteiger partial charge in [0.2, 0.25) is 0 Å². The van der Waals surface area contributed by atoms with Crippen LogP contribution in [0.25, 0.3) is 6.08 Å². The van der Waals surface area contributed by atoms with E-state index in [1.807, 2.05) is 48.5 Å². The minimum atomic E-state index is -0.523. The summed E-state index contributed by atoms with van der Waals surface area (Å²) >= 11 is 0.814. The van der Waals surface area contributed by atoms with Gasteiger partial charge in [-0.1, -0.05) is 60.7 Å². The summed E-state index contributed by atoms with van der Waals surface area (Å²) in [5.41, 5.74) is 1.93. The molecule has 7 nitrogen and oxygen atoms in total. The second kappa shape index (κ2) is 9.49. The van der Waals surface area contributed by atoms with E-state index in [2.05, 4.69) is 0 Å². The van der Waals surface area contributed by atoms with Crippen LogP contribution in [0.1, 0.15) is 16.7 Å². The maximum atomic E-state index is 12.8. The quantitative estimate of drug-likeness (QED) is 0.274. The van der Waals surface area contributed by atoms with Gasteiger partial charge >= 0.3 is 0 Å². The molecule has 0 radical (unpaired) electrons. The van der Waals surface area contributed by atoms with Crippen molar-refractivity contribution in [3.05, 3.63) is 111 Å². The first-order valence-electron chi connectivity index (χ1n) is 9.76. The minimum Gasteiger partial charge on any atom is -0.489 e. The van der Waals surface area contributed by atoms with E-state index in [1.54, 1.807) is 30.3 Å². The molecule has 0 aromatic heterocycles. The normalized spacial score (nSPS) is 14.8. The van der Waals surface area contributed by atoms with Crippen molar-refractivity contribution in [1.82, 2.24) is 4.90 Å². The number of ether oxygens (including phenoxy) is 1. The molecule has 0 unspecified atom stereocenters. The fourth-order valence-electron chi connectivity index (χ4n) is 3.22. The molecule has 1 aliphatic heterocycles. The summed E-state index contributed by atoms with van der Waals surface area (Å²) in [5, 5.41) is 10.8. The van der Waals surface area contributed by atoms with Gasteiger partial charge in [0.25, 0.3) is 16.8 Å². The molecule has 0 bridgehead atoms. The lowest BCUT2D eigenvalue weighted by Crippen LogP contribution is -2.27. The largest absolute Gasteiger partial charge is 0.489 e. The topological polar surface area (TPSA) is 89.8 Å². The summed E-state index contributed by atoms with van der Waals surface area (Å²) in [7, 11) is 0. The Bertz CT molecular complexity index is 1210. The van der Waals surface area contributed by atoms with Crippen molar-refractivity contribution in [2.45, 2.75) is 13.2 Å². The lowest BCUT2D eigenvalue weighted by Gasteiger charge is -2.12.